The van der Waals surface area contributed by atoms with E-state index in [0.29, 0.717) is 16.3 Å². The lowest BCUT2D eigenvalue weighted by molar-refractivity contribution is -0.140. The Balaban J connectivity index is 1.84. The monoisotopic (exact) mass is 663 g/mol. The van der Waals surface area contributed by atoms with Crippen molar-refractivity contribution in [1.29, 1.82) is 0 Å². The number of sulfonamides is 1. The van der Waals surface area contributed by atoms with E-state index >= 15 is 0 Å². The fourth-order valence-corrected chi connectivity index (χ4v) is 6.59. The molecule has 0 unspecified atom stereocenters. The molecule has 1 N–H and O–H groups in total. The van der Waals surface area contributed by atoms with Crippen LogP contribution >= 0.6 is 11.6 Å². The minimum atomic E-state index is -4.32. The van der Waals surface area contributed by atoms with Crippen LogP contribution in [0.3, 0.4) is 0 Å². The number of nitrogens with zero attached hydrogens (tertiary/aromatic N) is 2. The highest BCUT2D eigenvalue weighted by Crippen LogP contribution is 2.33. The van der Waals surface area contributed by atoms with Crippen LogP contribution < -0.4 is 19.1 Å². The van der Waals surface area contributed by atoms with Crippen molar-refractivity contribution in [2.75, 3.05) is 25.1 Å². The van der Waals surface area contributed by atoms with Gasteiger partial charge in [-0.05, 0) is 67.4 Å². The predicted octanol–water partition coefficient (Wildman–Crippen LogP) is 5.72. The molecule has 0 radical (unpaired) electrons. The maximum absolute atomic E-state index is 14.6. The molecule has 0 heterocycles. The van der Waals surface area contributed by atoms with Crippen LogP contribution in [0.15, 0.2) is 108 Å². The van der Waals surface area contributed by atoms with Crippen molar-refractivity contribution in [2.24, 2.45) is 0 Å². The lowest BCUT2D eigenvalue weighted by Crippen LogP contribution is -2.54. The van der Waals surface area contributed by atoms with E-state index in [4.69, 9.17) is 21.1 Å². The SMILES string of the molecule is COc1ccc(S(=O)(=O)N(CC(=O)N(Cc2ccccc2Cl)[C@H](Cc2ccccc2)C(=O)NC(C)C)c2ccccc2OC)cc1. The molecule has 242 valence electrons. The zero-order valence-corrected chi connectivity index (χ0v) is 27.8. The van der Waals surface area contributed by atoms with E-state index in [1.54, 1.807) is 48.5 Å². The van der Waals surface area contributed by atoms with Crippen molar-refractivity contribution in [1.82, 2.24) is 10.2 Å². The first-order valence-corrected chi connectivity index (χ1v) is 16.5. The quantitative estimate of drug-likeness (QED) is 0.185. The van der Waals surface area contributed by atoms with Gasteiger partial charge in [0, 0.05) is 24.0 Å². The Morgan fingerprint density at radius 1 is 0.826 bits per heavy atom. The molecule has 0 aliphatic rings. The Morgan fingerprint density at radius 3 is 2.09 bits per heavy atom. The smallest absolute Gasteiger partial charge is 0.264 e. The van der Waals surface area contributed by atoms with Gasteiger partial charge in [-0.15, -0.1) is 0 Å². The van der Waals surface area contributed by atoms with Gasteiger partial charge in [-0.3, -0.25) is 13.9 Å². The largest absolute Gasteiger partial charge is 0.497 e. The lowest BCUT2D eigenvalue weighted by atomic mass is 10.0. The van der Waals surface area contributed by atoms with Crippen LogP contribution in [0.25, 0.3) is 0 Å². The molecular weight excluding hydrogens is 626 g/mol. The van der Waals surface area contributed by atoms with Crippen molar-refractivity contribution in [3.8, 4) is 11.5 Å². The minimum absolute atomic E-state index is 0.0378. The molecular formula is C35H38ClN3O6S. The normalized spacial score (nSPS) is 11.9. The van der Waals surface area contributed by atoms with Gasteiger partial charge in [-0.25, -0.2) is 8.42 Å². The predicted molar refractivity (Wildman–Crippen MR) is 180 cm³/mol. The third-order valence-corrected chi connectivity index (χ3v) is 9.42. The molecule has 0 aliphatic carbocycles. The molecule has 0 saturated carbocycles. The molecule has 0 saturated heterocycles. The molecule has 4 aromatic rings. The number of ether oxygens (including phenoxy) is 2. The van der Waals surface area contributed by atoms with Gasteiger partial charge in [-0.1, -0.05) is 72.3 Å². The van der Waals surface area contributed by atoms with Gasteiger partial charge < -0.3 is 19.7 Å². The van der Waals surface area contributed by atoms with E-state index in [1.165, 1.54) is 43.4 Å². The van der Waals surface area contributed by atoms with Crippen LogP contribution in [-0.4, -0.2) is 58.0 Å². The fraction of sp³-hybridized carbons (Fsp3) is 0.257. The molecule has 0 fully saturated rings. The van der Waals surface area contributed by atoms with Crippen molar-refractivity contribution in [3.05, 3.63) is 119 Å². The summed E-state index contributed by atoms with van der Waals surface area (Å²) in [4.78, 5) is 29.7. The van der Waals surface area contributed by atoms with E-state index in [-0.39, 0.29) is 41.2 Å². The van der Waals surface area contributed by atoms with Crippen LogP contribution in [0.2, 0.25) is 5.02 Å². The number of halogens is 1. The molecule has 2 amide bonds. The summed E-state index contributed by atoms with van der Waals surface area (Å²) < 4.78 is 40.3. The first kappa shape index (κ1) is 34.3. The second kappa shape index (κ2) is 15.6. The number of hydrogen-bond acceptors (Lipinski definition) is 6. The zero-order chi connectivity index (χ0) is 33.3. The van der Waals surface area contributed by atoms with Crippen LogP contribution in [0.4, 0.5) is 5.69 Å². The van der Waals surface area contributed by atoms with Crippen molar-refractivity contribution in [3.63, 3.8) is 0 Å². The topological polar surface area (TPSA) is 105 Å². The number of nitrogens with one attached hydrogen (secondary N) is 1. The highest BCUT2D eigenvalue weighted by atomic mass is 35.5. The summed E-state index contributed by atoms with van der Waals surface area (Å²) in [5.74, 6) is -0.253. The number of carbonyl (C=O) groups is 2. The summed E-state index contributed by atoms with van der Waals surface area (Å²) in [6.07, 6.45) is 0.190. The van der Waals surface area contributed by atoms with Gasteiger partial charge in [0.25, 0.3) is 10.0 Å². The Kier molecular flexibility index (Phi) is 11.7. The molecule has 4 rings (SSSR count). The highest BCUT2D eigenvalue weighted by Gasteiger charge is 2.36. The van der Waals surface area contributed by atoms with Crippen LogP contribution in [0.5, 0.6) is 11.5 Å². The molecule has 0 aromatic heterocycles. The number of para-hydroxylation sites is 2. The number of methoxy groups -OCH3 is 2. The Morgan fingerprint density at radius 2 is 1.46 bits per heavy atom. The summed E-state index contributed by atoms with van der Waals surface area (Å²) in [6.45, 7) is 3.01. The van der Waals surface area contributed by atoms with E-state index in [1.807, 2.05) is 44.2 Å². The van der Waals surface area contributed by atoms with Crippen molar-refractivity contribution < 1.29 is 27.5 Å². The molecule has 46 heavy (non-hydrogen) atoms. The summed E-state index contributed by atoms with van der Waals surface area (Å²) in [5, 5.41) is 3.35. The highest BCUT2D eigenvalue weighted by molar-refractivity contribution is 7.92. The summed E-state index contributed by atoms with van der Waals surface area (Å²) in [5.41, 5.74) is 1.60. The maximum Gasteiger partial charge on any atom is 0.264 e. The Hall–Kier alpha value is -4.54. The zero-order valence-electron chi connectivity index (χ0n) is 26.2. The van der Waals surface area contributed by atoms with Crippen LogP contribution in [0.1, 0.15) is 25.0 Å². The number of amides is 2. The van der Waals surface area contributed by atoms with Gasteiger partial charge in [0.2, 0.25) is 11.8 Å². The number of carbonyl (C=O) groups excluding carboxylic acids is 2. The fourth-order valence-electron chi connectivity index (χ4n) is 4.97. The molecule has 1 atom stereocenters. The third-order valence-electron chi connectivity index (χ3n) is 7.28. The summed E-state index contributed by atoms with van der Waals surface area (Å²) in [7, 11) is -1.41. The van der Waals surface area contributed by atoms with Gasteiger partial charge in [0.1, 0.15) is 24.1 Å². The molecule has 9 nitrogen and oxygen atoms in total. The van der Waals surface area contributed by atoms with E-state index < -0.39 is 28.5 Å². The third kappa shape index (κ3) is 8.38. The van der Waals surface area contributed by atoms with Gasteiger partial charge in [0.05, 0.1) is 24.8 Å². The average Bonchev–Trinajstić information content (AvgIpc) is 3.06. The first-order chi connectivity index (χ1) is 22.0. The first-order valence-electron chi connectivity index (χ1n) is 14.7. The van der Waals surface area contributed by atoms with Crippen LogP contribution in [-0.2, 0) is 32.6 Å². The summed E-state index contributed by atoms with van der Waals surface area (Å²) >= 11 is 6.55. The van der Waals surface area contributed by atoms with Crippen molar-refractivity contribution in [2.45, 2.75) is 43.8 Å². The second-order valence-corrected chi connectivity index (χ2v) is 13.1. The lowest BCUT2D eigenvalue weighted by Gasteiger charge is -2.34. The van der Waals surface area contributed by atoms with Crippen LogP contribution in [0, 0.1) is 0 Å². The molecule has 0 spiro atoms. The maximum atomic E-state index is 14.6. The van der Waals surface area contributed by atoms with E-state index in [9.17, 15) is 18.0 Å². The molecule has 4 aromatic carbocycles. The Labute approximate surface area is 275 Å². The van der Waals surface area contributed by atoms with Crippen molar-refractivity contribution >= 4 is 39.1 Å². The van der Waals surface area contributed by atoms with Gasteiger partial charge >= 0.3 is 0 Å². The molecule has 0 aliphatic heterocycles. The number of hydrogen-bond donors (Lipinski definition) is 1. The molecule has 0 bridgehead atoms. The Bertz CT molecular complexity index is 1730. The van der Waals surface area contributed by atoms with E-state index in [0.717, 1.165) is 9.87 Å². The number of anilines is 1. The summed E-state index contributed by atoms with van der Waals surface area (Å²) in [6, 6.07) is 27.6. The second-order valence-electron chi connectivity index (χ2n) is 10.8. The van der Waals surface area contributed by atoms with E-state index in [2.05, 4.69) is 5.32 Å². The number of rotatable bonds is 14. The molecule has 11 heteroatoms. The number of benzene rings is 4. The van der Waals surface area contributed by atoms with Gasteiger partial charge in [-0.2, -0.15) is 0 Å². The standard InChI is InChI=1S/C35H38ClN3O6S/c1-25(2)37-35(41)32(22-26-12-6-5-7-13-26)38(23-27-14-8-9-15-30(27)36)34(40)24-39(31-16-10-11-17-33(31)45-4)46(42,43)29-20-18-28(44-3)19-21-29/h5-21,25,32H,22-24H2,1-4H3,(H,37,41)/t32-/m1/s1. The van der Waals surface area contributed by atoms with Gasteiger partial charge in [0.15, 0.2) is 0 Å². The minimum Gasteiger partial charge on any atom is -0.497 e. The average molecular weight is 664 g/mol.